The second kappa shape index (κ2) is 13.8. The van der Waals surface area contributed by atoms with Crippen LogP contribution in [0.4, 0.5) is 0 Å². The molecule has 0 spiro atoms. The molecule has 27 heavy (non-hydrogen) atoms. The molecular weight excluding hydrogens is 409 g/mol. The van der Waals surface area contributed by atoms with Crippen LogP contribution in [0.3, 0.4) is 0 Å². The molecule has 0 aromatic heterocycles. The largest absolute Gasteiger partial charge is 0.500 e. The Labute approximate surface area is 175 Å². The minimum Gasteiger partial charge on any atom is -0.437 e. The third-order valence-electron chi connectivity index (χ3n) is 4.02. The Balaban J connectivity index is -0.00000288. The summed E-state index contributed by atoms with van der Waals surface area (Å²) in [5, 5.41) is 0. The molecule has 0 saturated heterocycles. The van der Waals surface area contributed by atoms with Crippen molar-refractivity contribution in [2.75, 3.05) is 21.3 Å². The quantitative estimate of drug-likeness (QED) is 0.220. The standard InChI is InChI=1S/C16H42O5Si4.2CH4/c1-17-25(18-2,19-3)16-14-12-11-13-15-23(7,8)21-24(9,10)20-22(4,5)6;;/h11-16H2,1-10H3;2*1H4. The third-order valence-corrected chi connectivity index (χ3v) is 17.0. The van der Waals surface area contributed by atoms with Crippen LogP contribution in [0.2, 0.25) is 57.9 Å². The normalized spacial score (nSPS) is 13.1. The maximum atomic E-state index is 6.55. The molecule has 0 N–H and O–H groups in total. The molecule has 0 aromatic rings. The predicted octanol–water partition coefficient (Wildman–Crippen LogP) is 6.47. The fourth-order valence-corrected chi connectivity index (χ4v) is 18.3. The van der Waals surface area contributed by atoms with E-state index in [1.165, 1.54) is 25.3 Å². The lowest BCUT2D eigenvalue weighted by atomic mass is 10.2. The summed E-state index contributed by atoms with van der Waals surface area (Å²) in [6, 6.07) is 2.08. The van der Waals surface area contributed by atoms with E-state index in [-0.39, 0.29) is 14.9 Å². The molecule has 0 atom stereocenters. The minimum absolute atomic E-state index is 0. The monoisotopic (exact) mass is 458 g/mol. The van der Waals surface area contributed by atoms with Crippen molar-refractivity contribution in [3.05, 3.63) is 0 Å². The summed E-state index contributed by atoms with van der Waals surface area (Å²) in [6.07, 6.45) is 4.71. The highest BCUT2D eigenvalue weighted by molar-refractivity contribution is 6.87. The van der Waals surface area contributed by atoms with Crippen molar-refractivity contribution in [1.82, 2.24) is 0 Å². The van der Waals surface area contributed by atoms with Gasteiger partial charge in [-0.05, 0) is 58.3 Å². The highest BCUT2D eigenvalue weighted by atomic mass is 28.5. The van der Waals surface area contributed by atoms with Gasteiger partial charge in [0, 0.05) is 27.4 Å². The Hall–Kier alpha value is 0.668. The summed E-state index contributed by atoms with van der Waals surface area (Å²) in [5.74, 6) is 0. The predicted molar refractivity (Wildman–Crippen MR) is 129 cm³/mol. The van der Waals surface area contributed by atoms with E-state index in [0.717, 1.165) is 12.5 Å². The molecule has 0 radical (unpaired) electrons. The van der Waals surface area contributed by atoms with Crippen molar-refractivity contribution < 1.29 is 21.5 Å². The Morgan fingerprint density at radius 2 is 0.963 bits per heavy atom. The number of rotatable bonds is 14. The topological polar surface area (TPSA) is 46.2 Å². The van der Waals surface area contributed by atoms with Gasteiger partial charge >= 0.3 is 17.4 Å². The van der Waals surface area contributed by atoms with E-state index < -0.39 is 34.0 Å². The fraction of sp³-hybridized carbons (Fsp3) is 1.00. The molecule has 0 saturated carbocycles. The second-order valence-corrected chi connectivity index (χ2v) is 24.5. The first-order valence-electron chi connectivity index (χ1n) is 9.36. The molecule has 0 aliphatic carbocycles. The minimum atomic E-state index is -2.39. The average Bonchev–Trinajstić information content (AvgIpc) is 2.43. The Morgan fingerprint density at radius 3 is 1.33 bits per heavy atom. The summed E-state index contributed by atoms with van der Waals surface area (Å²) in [4.78, 5) is 0. The van der Waals surface area contributed by atoms with Gasteiger partial charge in [0.1, 0.15) is 0 Å². The smallest absolute Gasteiger partial charge is 0.437 e. The van der Waals surface area contributed by atoms with E-state index >= 15 is 0 Å². The molecule has 0 bridgehead atoms. The van der Waals surface area contributed by atoms with Crippen LogP contribution in [0.1, 0.15) is 40.5 Å². The summed E-state index contributed by atoms with van der Waals surface area (Å²) >= 11 is 0. The van der Waals surface area contributed by atoms with Gasteiger partial charge in [0.15, 0.2) is 16.6 Å². The summed E-state index contributed by atoms with van der Waals surface area (Å²) in [6.45, 7) is 15.8. The van der Waals surface area contributed by atoms with Crippen molar-refractivity contribution >= 4 is 34.0 Å². The second-order valence-electron chi connectivity index (χ2n) is 8.69. The van der Waals surface area contributed by atoms with Gasteiger partial charge in [-0.3, -0.25) is 0 Å². The summed E-state index contributed by atoms with van der Waals surface area (Å²) in [7, 11) is -2.57. The van der Waals surface area contributed by atoms with Crippen LogP contribution in [0.25, 0.3) is 0 Å². The zero-order valence-corrected chi connectivity index (χ0v) is 22.3. The van der Waals surface area contributed by atoms with Gasteiger partial charge in [0.25, 0.3) is 0 Å². The lowest BCUT2D eigenvalue weighted by Crippen LogP contribution is -2.51. The zero-order chi connectivity index (χ0) is 19.8. The Kier molecular flexibility index (Phi) is 16.5. The Morgan fingerprint density at radius 1 is 0.556 bits per heavy atom. The SMILES string of the molecule is C.C.CO[Si](CCCCCC[Si](C)(C)O[Si](C)(C)O[Si](C)(C)C)(OC)OC. The van der Waals surface area contributed by atoms with Crippen LogP contribution in [-0.4, -0.2) is 55.3 Å². The van der Waals surface area contributed by atoms with Crippen molar-refractivity contribution in [3.63, 3.8) is 0 Å². The van der Waals surface area contributed by atoms with Crippen LogP contribution in [0.15, 0.2) is 0 Å². The molecule has 0 unspecified atom stereocenters. The average molecular weight is 459 g/mol. The molecular formula is C18H50O5Si4. The molecule has 0 aliphatic rings. The van der Waals surface area contributed by atoms with Crippen LogP contribution < -0.4 is 0 Å². The van der Waals surface area contributed by atoms with Gasteiger partial charge in [0.05, 0.1) is 0 Å². The maximum Gasteiger partial charge on any atom is 0.500 e. The number of hydrogen-bond donors (Lipinski definition) is 0. The third kappa shape index (κ3) is 15.2. The molecule has 0 fully saturated rings. The van der Waals surface area contributed by atoms with Gasteiger partial charge in [-0.2, -0.15) is 0 Å². The van der Waals surface area contributed by atoms with E-state index in [1.807, 2.05) is 0 Å². The lowest BCUT2D eigenvalue weighted by Gasteiger charge is -2.37. The molecule has 9 heteroatoms. The van der Waals surface area contributed by atoms with Crippen molar-refractivity contribution in [3.8, 4) is 0 Å². The van der Waals surface area contributed by atoms with Gasteiger partial charge < -0.3 is 21.5 Å². The van der Waals surface area contributed by atoms with E-state index in [1.54, 1.807) is 21.3 Å². The maximum absolute atomic E-state index is 6.55. The van der Waals surface area contributed by atoms with E-state index in [9.17, 15) is 0 Å². The summed E-state index contributed by atoms with van der Waals surface area (Å²) < 4.78 is 29.3. The number of unbranched alkanes of at least 4 members (excludes halogenated alkanes) is 3. The highest BCUT2D eigenvalue weighted by Crippen LogP contribution is 2.25. The van der Waals surface area contributed by atoms with Crippen LogP contribution in [0.5, 0.6) is 0 Å². The molecule has 0 aliphatic heterocycles. The highest BCUT2D eigenvalue weighted by Gasteiger charge is 2.38. The first-order valence-corrected chi connectivity index (χ1v) is 20.6. The summed E-state index contributed by atoms with van der Waals surface area (Å²) in [5.41, 5.74) is 0. The van der Waals surface area contributed by atoms with E-state index in [4.69, 9.17) is 21.5 Å². The van der Waals surface area contributed by atoms with Crippen molar-refractivity contribution in [2.45, 2.75) is 98.5 Å². The lowest BCUT2D eigenvalue weighted by molar-refractivity contribution is 0.122. The zero-order valence-electron chi connectivity index (χ0n) is 18.3. The van der Waals surface area contributed by atoms with Crippen molar-refractivity contribution in [2.24, 2.45) is 0 Å². The van der Waals surface area contributed by atoms with Crippen molar-refractivity contribution in [1.29, 1.82) is 0 Å². The van der Waals surface area contributed by atoms with Gasteiger partial charge in [-0.15, -0.1) is 0 Å². The first kappa shape index (κ1) is 32.3. The molecule has 0 heterocycles. The molecule has 5 nitrogen and oxygen atoms in total. The van der Waals surface area contributed by atoms with Crippen LogP contribution in [0, 0.1) is 0 Å². The Bertz CT molecular complexity index is 361. The van der Waals surface area contributed by atoms with E-state index in [0.29, 0.717) is 0 Å². The van der Waals surface area contributed by atoms with Crippen LogP contribution in [-0.2, 0) is 21.5 Å². The molecule has 0 aromatic carbocycles. The van der Waals surface area contributed by atoms with Crippen LogP contribution >= 0.6 is 0 Å². The fourth-order valence-electron chi connectivity index (χ4n) is 3.28. The van der Waals surface area contributed by atoms with Gasteiger partial charge in [-0.1, -0.05) is 34.1 Å². The van der Waals surface area contributed by atoms with Gasteiger partial charge in [0.2, 0.25) is 0 Å². The molecule has 0 rings (SSSR count). The first-order chi connectivity index (χ1) is 11.3. The number of hydrogen-bond acceptors (Lipinski definition) is 5. The molecule has 168 valence electrons. The van der Waals surface area contributed by atoms with E-state index in [2.05, 4.69) is 45.8 Å². The molecule has 0 amide bonds. The van der Waals surface area contributed by atoms with Gasteiger partial charge in [-0.25, -0.2) is 0 Å².